The third kappa shape index (κ3) is 2.08. The molecule has 0 spiro atoms. The SMILES string of the molecule is CC(=O)N1CCC(N2CCCC2)CC1. The van der Waals surface area contributed by atoms with Gasteiger partial charge in [0.1, 0.15) is 0 Å². The molecule has 3 heteroatoms. The molecular formula is C11H20N2O. The Morgan fingerprint density at radius 2 is 1.64 bits per heavy atom. The topological polar surface area (TPSA) is 23.6 Å². The lowest BCUT2D eigenvalue weighted by Crippen LogP contribution is -2.45. The molecule has 2 heterocycles. The van der Waals surface area contributed by atoms with E-state index in [-0.39, 0.29) is 5.91 Å². The summed E-state index contributed by atoms with van der Waals surface area (Å²) in [7, 11) is 0. The molecule has 0 aromatic heterocycles. The summed E-state index contributed by atoms with van der Waals surface area (Å²) in [4.78, 5) is 15.7. The summed E-state index contributed by atoms with van der Waals surface area (Å²) in [6.07, 6.45) is 5.10. The van der Waals surface area contributed by atoms with Gasteiger partial charge >= 0.3 is 0 Å². The zero-order valence-electron chi connectivity index (χ0n) is 9.04. The van der Waals surface area contributed by atoms with Crippen molar-refractivity contribution in [2.45, 2.75) is 38.6 Å². The fourth-order valence-corrected chi connectivity index (χ4v) is 2.65. The van der Waals surface area contributed by atoms with E-state index in [4.69, 9.17) is 0 Å². The monoisotopic (exact) mass is 196 g/mol. The highest BCUT2D eigenvalue weighted by Crippen LogP contribution is 2.20. The maximum absolute atomic E-state index is 11.1. The van der Waals surface area contributed by atoms with Gasteiger partial charge in [0.15, 0.2) is 0 Å². The molecule has 0 atom stereocenters. The standard InChI is InChI=1S/C11H20N2O/c1-10(14)12-8-4-11(5-9-12)13-6-2-3-7-13/h11H,2-9H2,1H3. The average Bonchev–Trinajstić information content (AvgIpc) is 2.71. The molecule has 0 aromatic carbocycles. The van der Waals surface area contributed by atoms with Crippen molar-refractivity contribution in [3.05, 3.63) is 0 Å². The fourth-order valence-electron chi connectivity index (χ4n) is 2.65. The summed E-state index contributed by atoms with van der Waals surface area (Å²) >= 11 is 0. The Morgan fingerprint density at radius 3 is 2.14 bits per heavy atom. The first kappa shape index (κ1) is 9.97. The summed E-state index contributed by atoms with van der Waals surface area (Å²) in [5, 5.41) is 0. The molecule has 0 unspecified atom stereocenters. The van der Waals surface area contributed by atoms with Gasteiger partial charge in [0.05, 0.1) is 0 Å². The molecule has 3 nitrogen and oxygen atoms in total. The van der Waals surface area contributed by atoms with Gasteiger partial charge in [-0.1, -0.05) is 0 Å². The quantitative estimate of drug-likeness (QED) is 0.627. The van der Waals surface area contributed by atoms with Crippen LogP contribution in [0.15, 0.2) is 0 Å². The minimum absolute atomic E-state index is 0.241. The lowest BCUT2D eigenvalue weighted by molar-refractivity contribution is -0.130. The van der Waals surface area contributed by atoms with Crippen LogP contribution in [-0.4, -0.2) is 47.9 Å². The van der Waals surface area contributed by atoms with E-state index in [0.29, 0.717) is 0 Å². The van der Waals surface area contributed by atoms with Gasteiger partial charge in [0, 0.05) is 26.1 Å². The van der Waals surface area contributed by atoms with Gasteiger partial charge in [-0.15, -0.1) is 0 Å². The molecule has 0 aromatic rings. The van der Waals surface area contributed by atoms with Gasteiger partial charge in [0.2, 0.25) is 5.91 Å². The fraction of sp³-hybridized carbons (Fsp3) is 0.909. The molecule has 2 aliphatic heterocycles. The van der Waals surface area contributed by atoms with Crippen LogP contribution in [0.4, 0.5) is 0 Å². The molecule has 14 heavy (non-hydrogen) atoms. The lowest BCUT2D eigenvalue weighted by Gasteiger charge is -2.36. The zero-order valence-corrected chi connectivity index (χ0v) is 9.04. The Labute approximate surface area is 86.1 Å². The summed E-state index contributed by atoms with van der Waals surface area (Å²) in [6, 6.07) is 0.758. The number of nitrogens with zero attached hydrogens (tertiary/aromatic N) is 2. The number of likely N-dealkylation sites (tertiary alicyclic amines) is 2. The Balaban J connectivity index is 1.80. The second-order valence-electron chi connectivity index (χ2n) is 4.48. The number of hydrogen-bond acceptors (Lipinski definition) is 2. The van der Waals surface area contributed by atoms with Crippen molar-refractivity contribution in [3.63, 3.8) is 0 Å². The third-order valence-electron chi connectivity index (χ3n) is 3.57. The van der Waals surface area contributed by atoms with Crippen LogP contribution in [0, 0.1) is 0 Å². The van der Waals surface area contributed by atoms with Crippen LogP contribution in [0.1, 0.15) is 32.6 Å². The van der Waals surface area contributed by atoms with E-state index < -0.39 is 0 Å². The predicted molar refractivity (Wildman–Crippen MR) is 56.1 cm³/mol. The van der Waals surface area contributed by atoms with Crippen molar-refractivity contribution in [3.8, 4) is 0 Å². The first-order valence-corrected chi connectivity index (χ1v) is 5.77. The smallest absolute Gasteiger partial charge is 0.219 e. The molecular weight excluding hydrogens is 176 g/mol. The number of carbonyl (C=O) groups excluding carboxylic acids is 1. The lowest BCUT2D eigenvalue weighted by atomic mass is 10.0. The maximum Gasteiger partial charge on any atom is 0.219 e. The van der Waals surface area contributed by atoms with E-state index in [1.165, 1.54) is 38.8 Å². The van der Waals surface area contributed by atoms with Crippen LogP contribution in [0.3, 0.4) is 0 Å². The van der Waals surface area contributed by atoms with E-state index in [1.54, 1.807) is 6.92 Å². The number of carbonyl (C=O) groups is 1. The van der Waals surface area contributed by atoms with Crippen LogP contribution in [0.25, 0.3) is 0 Å². The third-order valence-corrected chi connectivity index (χ3v) is 3.57. The molecule has 0 aliphatic carbocycles. The number of rotatable bonds is 1. The van der Waals surface area contributed by atoms with E-state index in [2.05, 4.69) is 4.90 Å². The number of amides is 1. The summed E-state index contributed by atoms with van der Waals surface area (Å²) in [5.74, 6) is 0.241. The molecule has 2 aliphatic rings. The van der Waals surface area contributed by atoms with Crippen molar-refractivity contribution in [1.29, 1.82) is 0 Å². The molecule has 1 amide bonds. The first-order chi connectivity index (χ1) is 6.77. The normalized spacial score (nSPS) is 25.6. The minimum atomic E-state index is 0.241. The van der Waals surface area contributed by atoms with Gasteiger partial charge in [-0.3, -0.25) is 4.79 Å². The van der Waals surface area contributed by atoms with Crippen LogP contribution in [-0.2, 0) is 4.79 Å². The predicted octanol–water partition coefficient (Wildman–Crippen LogP) is 1.09. The first-order valence-electron chi connectivity index (χ1n) is 5.77. The molecule has 2 rings (SSSR count). The Bertz CT molecular complexity index is 203. The van der Waals surface area contributed by atoms with Crippen LogP contribution >= 0.6 is 0 Å². The highest BCUT2D eigenvalue weighted by molar-refractivity contribution is 5.73. The molecule has 0 saturated carbocycles. The van der Waals surface area contributed by atoms with Crippen molar-refractivity contribution < 1.29 is 4.79 Å². The molecule has 0 bridgehead atoms. The Hall–Kier alpha value is -0.570. The molecule has 2 saturated heterocycles. The highest BCUT2D eigenvalue weighted by atomic mass is 16.2. The van der Waals surface area contributed by atoms with Crippen LogP contribution in [0.5, 0.6) is 0 Å². The van der Waals surface area contributed by atoms with E-state index in [0.717, 1.165) is 19.1 Å². The van der Waals surface area contributed by atoms with Crippen molar-refractivity contribution in [1.82, 2.24) is 9.80 Å². The van der Waals surface area contributed by atoms with Gasteiger partial charge < -0.3 is 9.80 Å². The van der Waals surface area contributed by atoms with E-state index >= 15 is 0 Å². The minimum Gasteiger partial charge on any atom is -0.343 e. The molecule has 0 N–H and O–H groups in total. The van der Waals surface area contributed by atoms with Gasteiger partial charge in [0.25, 0.3) is 0 Å². The average molecular weight is 196 g/mol. The largest absolute Gasteiger partial charge is 0.343 e. The summed E-state index contributed by atoms with van der Waals surface area (Å²) < 4.78 is 0. The van der Waals surface area contributed by atoms with Gasteiger partial charge in [-0.25, -0.2) is 0 Å². The second kappa shape index (κ2) is 4.30. The van der Waals surface area contributed by atoms with Crippen LogP contribution in [0.2, 0.25) is 0 Å². The zero-order chi connectivity index (χ0) is 9.97. The number of piperidine rings is 1. The Morgan fingerprint density at radius 1 is 1.07 bits per heavy atom. The van der Waals surface area contributed by atoms with Gasteiger partial charge in [-0.05, 0) is 38.8 Å². The Kier molecular flexibility index (Phi) is 3.06. The molecule has 2 fully saturated rings. The summed E-state index contributed by atoms with van der Waals surface area (Å²) in [5.41, 5.74) is 0. The second-order valence-corrected chi connectivity index (χ2v) is 4.48. The van der Waals surface area contributed by atoms with Gasteiger partial charge in [-0.2, -0.15) is 0 Å². The maximum atomic E-state index is 11.1. The van der Waals surface area contributed by atoms with Crippen LogP contribution < -0.4 is 0 Å². The van der Waals surface area contributed by atoms with Crippen molar-refractivity contribution in [2.24, 2.45) is 0 Å². The highest BCUT2D eigenvalue weighted by Gasteiger charge is 2.26. The molecule has 0 radical (unpaired) electrons. The van der Waals surface area contributed by atoms with E-state index in [1.807, 2.05) is 4.90 Å². The molecule has 80 valence electrons. The summed E-state index contributed by atoms with van der Waals surface area (Å²) in [6.45, 7) is 6.18. The van der Waals surface area contributed by atoms with E-state index in [9.17, 15) is 4.79 Å². The van der Waals surface area contributed by atoms with Crippen molar-refractivity contribution in [2.75, 3.05) is 26.2 Å². The van der Waals surface area contributed by atoms with Crippen molar-refractivity contribution >= 4 is 5.91 Å². The number of hydrogen-bond donors (Lipinski definition) is 0.